The van der Waals surface area contributed by atoms with Crippen molar-refractivity contribution in [1.29, 1.82) is 0 Å². The van der Waals surface area contributed by atoms with Crippen molar-refractivity contribution in [2.75, 3.05) is 7.11 Å². The molecule has 0 fully saturated rings. The zero-order valence-electron chi connectivity index (χ0n) is 11.8. The van der Waals surface area contributed by atoms with Crippen LogP contribution in [0, 0.1) is 6.92 Å². The van der Waals surface area contributed by atoms with Gasteiger partial charge in [0.05, 0.1) is 13.5 Å². The quantitative estimate of drug-likeness (QED) is 0.782. The highest BCUT2D eigenvalue weighted by Crippen LogP contribution is 2.16. The summed E-state index contributed by atoms with van der Waals surface area (Å²) in [4.78, 5) is 11.4. The van der Waals surface area contributed by atoms with Crippen molar-refractivity contribution in [1.82, 2.24) is 0 Å². The van der Waals surface area contributed by atoms with Crippen LogP contribution in [0.1, 0.15) is 16.7 Å². The van der Waals surface area contributed by atoms with Crippen LogP contribution in [0.5, 0.6) is 5.75 Å². The van der Waals surface area contributed by atoms with Gasteiger partial charge in [-0.1, -0.05) is 42.0 Å². The van der Waals surface area contributed by atoms with E-state index in [0.717, 1.165) is 16.9 Å². The van der Waals surface area contributed by atoms with E-state index in [1.807, 2.05) is 55.5 Å². The molecule has 104 valence electrons. The zero-order chi connectivity index (χ0) is 14.4. The molecule has 0 heterocycles. The highest BCUT2D eigenvalue weighted by atomic mass is 16.5. The monoisotopic (exact) mass is 270 g/mol. The van der Waals surface area contributed by atoms with Gasteiger partial charge in [0.2, 0.25) is 0 Å². The van der Waals surface area contributed by atoms with Gasteiger partial charge in [-0.25, -0.2) is 0 Å². The van der Waals surface area contributed by atoms with E-state index in [9.17, 15) is 4.79 Å². The minimum atomic E-state index is -0.243. The van der Waals surface area contributed by atoms with Crippen LogP contribution < -0.4 is 4.74 Å². The molecule has 0 aliphatic rings. The lowest BCUT2D eigenvalue weighted by Gasteiger charge is -2.10. The zero-order valence-corrected chi connectivity index (χ0v) is 11.8. The average molecular weight is 270 g/mol. The van der Waals surface area contributed by atoms with Gasteiger partial charge < -0.3 is 9.47 Å². The lowest BCUT2D eigenvalue weighted by atomic mass is 10.1. The molecule has 0 saturated carbocycles. The average Bonchev–Trinajstić information content (AvgIpc) is 2.48. The standard InChI is InChI=1S/C17H18O3/c1-13-7-9-16(10-8-13)20-12-15-6-4-3-5-14(15)11-17(18)19-2/h3-10H,11-12H2,1-2H3. The molecular weight excluding hydrogens is 252 g/mol. The number of hydrogen-bond acceptors (Lipinski definition) is 3. The highest BCUT2D eigenvalue weighted by molar-refractivity contribution is 5.72. The summed E-state index contributed by atoms with van der Waals surface area (Å²) >= 11 is 0. The van der Waals surface area contributed by atoms with Crippen molar-refractivity contribution in [3.8, 4) is 5.75 Å². The molecule has 0 amide bonds. The van der Waals surface area contributed by atoms with Crippen LogP contribution in [0.2, 0.25) is 0 Å². The van der Waals surface area contributed by atoms with Gasteiger partial charge in [-0.2, -0.15) is 0 Å². The first-order valence-corrected chi connectivity index (χ1v) is 6.52. The Balaban J connectivity index is 2.05. The smallest absolute Gasteiger partial charge is 0.309 e. The van der Waals surface area contributed by atoms with Gasteiger partial charge in [0.15, 0.2) is 0 Å². The van der Waals surface area contributed by atoms with E-state index in [-0.39, 0.29) is 12.4 Å². The van der Waals surface area contributed by atoms with Crippen LogP contribution in [0.4, 0.5) is 0 Å². The van der Waals surface area contributed by atoms with Crippen molar-refractivity contribution in [2.45, 2.75) is 20.0 Å². The summed E-state index contributed by atoms with van der Waals surface area (Å²) in [6.07, 6.45) is 0.268. The second-order valence-electron chi connectivity index (χ2n) is 4.62. The molecule has 0 bridgehead atoms. The third-order valence-electron chi connectivity index (χ3n) is 3.10. The molecule has 2 aromatic carbocycles. The summed E-state index contributed by atoms with van der Waals surface area (Å²) in [5.41, 5.74) is 3.13. The number of ether oxygens (including phenoxy) is 2. The number of rotatable bonds is 5. The molecule has 0 atom stereocenters. The van der Waals surface area contributed by atoms with Crippen LogP contribution in [0.15, 0.2) is 48.5 Å². The molecule has 3 nitrogen and oxygen atoms in total. The fourth-order valence-electron chi connectivity index (χ4n) is 1.89. The molecule has 0 aliphatic heterocycles. The number of benzene rings is 2. The first kappa shape index (κ1) is 14.1. The summed E-state index contributed by atoms with van der Waals surface area (Å²) in [7, 11) is 1.40. The minimum Gasteiger partial charge on any atom is -0.489 e. The normalized spacial score (nSPS) is 10.1. The predicted molar refractivity (Wildman–Crippen MR) is 77.7 cm³/mol. The van der Waals surface area contributed by atoms with Gasteiger partial charge >= 0.3 is 5.97 Å². The highest BCUT2D eigenvalue weighted by Gasteiger charge is 2.08. The van der Waals surface area contributed by atoms with Crippen molar-refractivity contribution in [3.63, 3.8) is 0 Å². The molecule has 0 N–H and O–H groups in total. The lowest BCUT2D eigenvalue weighted by Crippen LogP contribution is -2.08. The van der Waals surface area contributed by atoms with E-state index in [2.05, 4.69) is 0 Å². The van der Waals surface area contributed by atoms with Crippen molar-refractivity contribution in [3.05, 3.63) is 65.2 Å². The molecule has 0 saturated heterocycles. The molecule has 20 heavy (non-hydrogen) atoms. The van der Waals surface area contributed by atoms with Gasteiger partial charge in [0.1, 0.15) is 12.4 Å². The molecule has 0 spiro atoms. The van der Waals surface area contributed by atoms with Gasteiger partial charge in [-0.05, 0) is 30.2 Å². The number of hydrogen-bond donors (Lipinski definition) is 0. The fraction of sp³-hybridized carbons (Fsp3) is 0.235. The number of methoxy groups -OCH3 is 1. The Kier molecular flexibility index (Phi) is 4.77. The van der Waals surface area contributed by atoms with Crippen molar-refractivity contribution < 1.29 is 14.3 Å². The molecule has 0 unspecified atom stereocenters. The van der Waals surface area contributed by atoms with E-state index in [1.54, 1.807) is 0 Å². The Hall–Kier alpha value is -2.29. The van der Waals surface area contributed by atoms with E-state index < -0.39 is 0 Å². The number of carbonyl (C=O) groups excluding carboxylic acids is 1. The largest absolute Gasteiger partial charge is 0.489 e. The third-order valence-corrected chi connectivity index (χ3v) is 3.10. The third kappa shape index (κ3) is 3.85. The first-order chi connectivity index (χ1) is 9.69. The predicted octanol–water partition coefficient (Wildman–Crippen LogP) is 3.29. The Labute approximate surface area is 119 Å². The van der Waals surface area contributed by atoms with E-state index >= 15 is 0 Å². The van der Waals surface area contributed by atoms with Crippen LogP contribution in [-0.2, 0) is 22.6 Å². The summed E-state index contributed by atoms with van der Waals surface area (Å²) in [6.45, 7) is 2.48. The summed E-state index contributed by atoms with van der Waals surface area (Å²) < 4.78 is 10.5. The van der Waals surface area contributed by atoms with Gasteiger partial charge in [0.25, 0.3) is 0 Å². The molecule has 0 aromatic heterocycles. The maximum atomic E-state index is 11.4. The number of aryl methyl sites for hydroxylation is 1. The van der Waals surface area contributed by atoms with E-state index in [1.165, 1.54) is 12.7 Å². The SMILES string of the molecule is COC(=O)Cc1ccccc1COc1ccc(C)cc1. The maximum Gasteiger partial charge on any atom is 0.309 e. The summed E-state index contributed by atoms with van der Waals surface area (Å²) in [5.74, 6) is 0.580. The van der Waals surface area contributed by atoms with Crippen LogP contribution in [0.25, 0.3) is 0 Å². The summed E-state index contributed by atoms with van der Waals surface area (Å²) in [6, 6.07) is 15.6. The lowest BCUT2D eigenvalue weighted by molar-refractivity contribution is -0.139. The fourth-order valence-corrected chi connectivity index (χ4v) is 1.89. The first-order valence-electron chi connectivity index (χ1n) is 6.52. The van der Waals surface area contributed by atoms with Crippen molar-refractivity contribution in [2.24, 2.45) is 0 Å². The van der Waals surface area contributed by atoms with Crippen LogP contribution >= 0.6 is 0 Å². The molecule has 3 heteroatoms. The molecular formula is C17H18O3. The maximum absolute atomic E-state index is 11.4. The molecule has 0 aliphatic carbocycles. The second-order valence-corrected chi connectivity index (χ2v) is 4.62. The second kappa shape index (κ2) is 6.75. The summed E-state index contributed by atoms with van der Waals surface area (Å²) in [5, 5.41) is 0. The van der Waals surface area contributed by atoms with Crippen molar-refractivity contribution >= 4 is 5.97 Å². The van der Waals surface area contributed by atoms with E-state index in [4.69, 9.17) is 9.47 Å². The Bertz CT molecular complexity index is 573. The van der Waals surface area contributed by atoms with Crippen LogP contribution in [-0.4, -0.2) is 13.1 Å². The topological polar surface area (TPSA) is 35.5 Å². The van der Waals surface area contributed by atoms with Gasteiger partial charge in [0, 0.05) is 0 Å². The number of carbonyl (C=O) groups is 1. The molecule has 2 aromatic rings. The molecule has 0 radical (unpaired) electrons. The Morgan fingerprint density at radius 3 is 2.30 bits per heavy atom. The Morgan fingerprint density at radius 1 is 1.00 bits per heavy atom. The van der Waals surface area contributed by atoms with E-state index in [0.29, 0.717) is 6.61 Å². The Morgan fingerprint density at radius 2 is 1.65 bits per heavy atom. The number of esters is 1. The minimum absolute atomic E-state index is 0.243. The van der Waals surface area contributed by atoms with Gasteiger partial charge in [-0.15, -0.1) is 0 Å². The van der Waals surface area contributed by atoms with Crippen LogP contribution in [0.3, 0.4) is 0 Å². The molecule has 2 rings (SSSR count). The van der Waals surface area contributed by atoms with Gasteiger partial charge in [-0.3, -0.25) is 4.79 Å².